The van der Waals surface area contributed by atoms with Crippen LogP contribution in [0.3, 0.4) is 0 Å². The molecule has 4 rings (SSSR count). The molecule has 192 valence electrons. The summed E-state index contributed by atoms with van der Waals surface area (Å²) in [6.45, 7) is 3.43. The maximum Gasteiger partial charge on any atom is 0.261 e. The average molecular weight is 497 g/mol. The third-order valence-electron chi connectivity index (χ3n) is 6.98. The number of ether oxygens (including phenoxy) is 2. The van der Waals surface area contributed by atoms with E-state index in [1.54, 1.807) is 24.2 Å². The molecule has 1 heterocycles. The van der Waals surface area contributed by atoms with Gasteiger partial charge in [0.05, 0.1) is 25.3 Å². The Balaban J connectivity index is 1.20. The predicted octanol–water partition coefficient (Wildman–Crippen LogP) is 4.74. The van der Waals surface area contributed by atoms with Crippen molar-refractivity contribution < 1.29 is 28.6 Å². The summed E-state index contributed by atoms with van der Waals surface area (Å²) in [5.74, 6) is 0.559. The van der Waals surface area contributed by atoms with Crippen molar-refractivity contribution in [3.05, 3.63) is 65.6 Å². The number of halogens is 1. The predicted molar refractivity (Wildman–Crippen MR) is 133 cm³/mol. The van der Waals surface area contributed by atoms with E-state index in [1.165, 1.54) is 17.9 Å². The van der Waals surface area contributed by atoms with E-state index < -0.39 is 17.5 Å². The van der Waals surface area contributed by atoms with E-state index in [1.807, 2.05) is 30.3 Å². The summed E-state index contributed by atoms with van der Waals surface area (Å²) in [7, 11) is 1.74. The van der Waals surface area contributed by atoms with Gasteiger partial charge in [0.1, 0.15) is 18.1 Å². The summed E-state index contributed by atoms with van der Waals surface area (Å²) in [6.07, 6.45) is 7.87. The highest BCUT2D eigenvalue weighted by atomic mass is 19.1. The molecule has 0 bridgehead atoms. The first-order valence-corrected chi connectivity index (χ1v) is 12.4. The molecule has 0 unspecified atom stereocenters. The zero-order valence-corrected chi connectivity index (χ0v) is 20.8. The Morgan fingerprint density at radius 2 is 1.89 bits per heavy atom. The van der Waals surface area contributed by atoms with Crippen molar-refractivity contribution in [2.75, 3.05) is 26.8 Å². The Morgan fingerprint density at radius 3 is 2.61 bits per heavy atom. The highest BCUT2D eigenvalue weighted by Gasteiger charge is 2.31. The van der Waals surface area contributed by atoms with E-state index in [0.717, 1.165) is 31.4 Å². The molecule has 2 aliphatic rings. The smallest absolute Gasteiger partial charge is 0.261 e. The normalized spacial score (nSPS) is 19.4. The molecule has 0 saturated heterocycles. The first-order valence-electron chi connectivity index (χ1n) is 12.4. The number of phenolic OH excluding ortho intramolecular Hbond substituents is 1. The van der Waals surface area contributed by atoms with Crippen LogP contribution in [0.2, 0.25) is 0 Å². The molecule has 1 N–H and O–H groups in total. The summed E-state index contributed by atoms with van der Waals surface area (Å²) in [5.41, 5.74) is 0.567. The van der Waals surface area contributed by atoms with Gasteiger partial charge in [-0.25, -0.2) is 4.39 Å². The zero-order valence-electron chi connectivity index (χ0n) is 20.8. The number of rotatable bonds is 9. The Morgan fingerprint density at radius 1 is 1.17 bits per heavy atom. The van der Waals surface area contributed by atoms with Crippen molar-refractivity contribution in [1.82, 2.24) is 9.80 Å². The molecule has 1 saturated carbocycles. The van der Waals surface area contributed by atoms with E-state index >= 15 is 0 Å². The molecular formula is C28H33FN2O5. The fraction of sp³-hybridized carbons (Fsp3) is 0.429. The van der Waals surface area contributed by atoms with Gasteiger partial charge in [0.15, 0.2) is 11.6 Å². The van der Waals surface area contributed by atoms with Crippen LogP contribution in [-0.4, -0.2) is 53.5 Å². The SMILES string of the molecule is CC(=O)N(C)CCOc1cccc(OCC2CCC(C=CN3Cc4ccc(O)c(F)c4C3=O)CC2)c1. The molecule has 1 aliphatic carbocycles. The minimum atomic E-state index is -0.841. The van der Waals surface area contributed by atoms with Gasteiger partial charge in [-0.15, -0.1) is 0 Å². The minimum Gasteiger partial charge on any atom is -0.505 e. The number of amides is 2. The summed E-state index contributed by atoms with van der Waals surface area (Å²) in [6, 6.07) is 10.4. The molecule has 1 fully saturated rings. The molecule has 0 aromatic heterocycles. The standard InChI is InChI=1S/C28H33FN2O5/c1-19(32)30(2)14-15-35-23-4-3-5-24(16-23)36-18-21-8-6-20(7-9-21)12-13-31-17-22-10-11-25(33)27(29)26(22)28(31)34/h3-5,10-13,16,20-21,33H,6-9,14-15,17-18H2,1-2H3. The lowest BCUT2D eigenvalue weighted by Gasteiger charge is -2.27. The zero-order chi connectivity index (χ0) is 25.7. The number of hydrogen-bond acceptors (Lipinski definition) is 5. The third kappa shape index (κ3) is 6.17. The number of phenols is 1. The number of carbonyl (C=O) groups is 2. The van der Waals surface area contributed by atoms with Crippen molar-refractivity contribution in [2.24, 2.45) is 11.8 Å². The average Bonchev–Trinajstić information content (AvgIpc) is 3.20. The maximum atomic E-state index is 14.1. The van der Waals surface area contributed by atoms with Gasteiger partial charge in [-0.3, -0.25) is 9.59 Å². The molecule has 2 aromatic rings. The molecule has 0 spiro atoms. The summed E-state index contributed by atoms with van der Waals surface area (Å²) in [4.78, 5) is 26.9. The lowest BCUT2D eigenvalue weighted by molar-refractivity contribution is -0.127. The fourth-order valence-corrected chi connectivity index (χ4v) is 4.59. The highest BCUT2D eigenvalue weighted by Crippen LogP contribution is 2.33. The number of allylic oxidation sites excluding steroid dienone is 1. The maximum absolute atomic E-state index is 14.1. The number of carbonyl (C=O) groups excluding carboxylic acids is 2. The Kier molecular flexibility index (Phi) is 8.13. The number of likely N-dealkylation sites (N-methyl/N-ethyl adjacent to an activating group) is 1. The van der Waals surface area contributed by atoms with Gasteiger partial charge in [-0.2, -0.15) is 0 Å². The molecule has 0 atom stereocenters. The Bertz CT molecular complexity index is 1130. The molecule has 1 aliphatic heterocycles. The van der Waals surface area contributed by atoms with Crippen LogP contribution in [0.4, 0.5) is 4.39 Å². The summed E-state index contributed by atoms with van der Waals surface area (Å²) < 4.78 is 25.9. The van der Waals surface area contributed by atoms with Crippen LogP contribution >= 0.6 is 0 Å². The van der Waals surface area contributed by atoms with E-state index in [2.05, 4.69) is 0 Å². The van der Waals surface area contributed by atoms with E-state index in [-0.39, 0.29) is 11.5 Å². The quantitative estimate of drug-likeness (QED) is 0.542. The monoisotopic (exact) mass is 496 g/mol. The van der Waals surface area contributed by atoms with Gasteiger partial charge in [-0.1, -0.05) is 18.2 Å². The van der Waals surface area contributed by atoms with Gasteiger partial charge in [-0.05, 0) is 61.3 Å². The fourth-order valence-electron chi connectivity index (χ4n) is 4.59. The first kappa shape index (κ1) is 25.5. The van der Waals surface area contributed by atoms with Gasteiger partial charge in [0.2, 0.25) is 5.91 Å². The van der Waals surface area contributed by atoms with E-state index in [9.17, 15) is 19.1 Å². The second kappa shape index (κ2) is 11.5. The third-order valence-corrected chi connectivity index (χ3v) is 6.98. The van der Waals surface area contributed by atoms with Crippen molar-refractivity contribution >= 4 is 11.8 Å². The summed E-state index contributed by atoms with van der Waals surface area (Å²) >= 11 is 0. The van der Waals surface area contributed by atoms with Crippen molar-refractivity contribution in [3.63, 3.8) is 0 Å². The van der Waals surface area contributed by atoms with Crippen LogP contribution in [0.25, 0.3) is 0 Å². The van der Waals surface area contributed by atoms with Crippen LogP contribution in [0.5, 0.6) is 17.2 Å². The van der Waals surface area contributed by atoms with Crippen LogP contribution in [0.15, 0.2) is 48.7 Å². The number of fused-ring (bicyclic) bond motifs is 1. The Hall–Kier alpha value is -3.55. The van der Waals surface area contributed by atoms with Crippen molar-refractivity contribution in [3.8, 4) is 17.2 Å². The summed E-state index contributed by atoms with van der Waals surface area (Å²) in [5, 5.41) is 9.55. The second-order valence-corrected chi connectivity index (χ2v) is 9.56. The highest BCUT2D eigenvalue weighted by molar-refractivity contribution is 5.99. The Labute approximate surface area is 211 Å². The molecule has 8 heteroatoms. The molecule has 7 nitrogen and oxygen atoms in total. The number of hydrogen-bond donors (Lipinski definition) is 1. The van der Waals surface area contributed by atoms with Gasteiger partial charge in [0, 0.05) is 26.2 Å². The van der Waals surface area contributed by atoms with Crippen molar-refractivity contribution in [2.45, 2.75) is 39.2 Å². The van der Waals surface area contributed by atoms with Gasteiger partial charge < -0.3 is 24.4 Å². The second-order valence-electron chi connectivity index (χ2n) is 9.56. The van der Waals surface area contributed by atoms with E-state index in [4.69, 9.17) is 9.47 Å². The lowest BCUT2D eigenvalue weighted by Crippen LogP contribution is -2.28. The van der Waals surface area contributed by atoms with Crippen LogP contribution < -0.4 is 9.47 Å². The topological polar surface area (TPSA) is 79.3 Å². The van der Waals surface area contributed by atoms with Gasteiger partial charge >= 0.3 is 0 Å². The molecule has 36 heavy (non-hydrogen) atoms. The lowest BCUT2D eigenvalue weighted by atomic mass is 9.82. The molecular weight excluding hydrogens is 463 g/mol. The van der Waals surface area contributed by atoms with E-state index in [0.29, 0.717) is 49.5 Å². The molecule has 2 aromatic carbocycles. The minimum absolute atomic E-state index is 0.00698. The van der Waals surface area contributed by atoms with Gasteiger partial charge in [0.25, 0.3) is 5.91 Å². The van der Waals surface area contributed by atoms with Crippen molar-refractivity contribution in [1.29, 1.82) is 0 Å². The molecule has 2 amide bonds. The van der Waals surface area contributed by atoms with Crippen LogP contribution in [0, 0.1) is 17.7 Å². The van der Waals surface area contributed by atoms with Crippen LogP contribution in [-0.2, 0) is 11.3 Å². The number of benzene rings is 2. The largest absolute Gasteiger partial charge is 0.505 e. The number of aromatic hydroxyl groups is 1. The van der Waals surface area contributed by atoms with Crippen LogP contribution in [0.1, 0.15) is 48.5 Å². The molecule has 0 radical (unpaired) electrons. The first-order chi connectivity index (χ1) is 17.3. The number of nitrogens with zero attached hydrogens (tertiary/aromatic N) is 2.